The molecule has 1 rings (SSSR count). The fourth-order valence-corrected chi connectivity index (χ4v) is 2.04. The van der Waals surface area contributed by atoms with Crippen molar-refractivity contribution in [3.05, 3.63) is 35.1 Å². The van der Waals surface area contributed by atoms with E-state index in [0.29, 0.717) is 0 Å². The molecule has 3 N–H and O–H groups in total. The van der Waals surface area contributed by atoms with E-state index in [-0.39, 0.29) is 22.0 Å². The van der Waals surface area contributed by atoms with E-state index >= 15 is 0 Å². The largest absolute Gasteiger partial charge is 0.392 e. The summed E-state index contributed by atoms with van der Waals surface area (Å²) in [7, 11) is 0. The van der Waals surface area contributed by atoms with Gasteiger partial charge in [0.25, 0.3) is 0 Å². The van der Waals surface area contributed by atoms with E-state index in [2.05, 4.69) is 0 Å². The van der Waals surface area contributed by atoms with Crippen LogP contribution in [0, 0.1) is 5.82 Å². The van der Waals surface area contributed by atoms with Gasteiger partial charge in [-0.25, -0.2) is 4.39 Å². The molecule has 0 heterocycles. The van der Waals surface area contributed by atoms with Crippen molar-refractivity contribution >= 4 is 16.9 Å². The number of carbonyl (C=O) groups is 1. The normalized spacial score (nSPS) is 14.3. The molecule has 0 saturated carbocycles. The van der Waals surface area contributed by atoms with E-state index in [1.54, 1.807) is 0 Å². The molecular formula is C12H15FO4S. The summed E-state index contributed by atoms with van der Waals surface area (Å²) in [5.41, 5.74) is -0.0313. The van der Waals surface area contributed by atoms with E-state index in [0.717, 1.165) is 11.8 Å². The van der Waals surface area contributed by atoms with Gasteiger partial charge in [0.05, 0.1) is 12.7 Å². The molecule has 0 fully saturated rings. The molecule has 1 aromatic carbocycles. The Morgan fingerprint density at radius 2 is 2.11 bits per heavy atom. The summed E-state index contributed by atoms with van der Waals surface area (Å²) in [6.07, 6.45) is -2.68. The first kappa shape index (κ1) is 15.1. The van der Waals surface area contributed by atoms with Gasteiger partial charge >= 0.3 is 0 Å². The van der Waals surface area contributed by atoms with E-state index in [1.807, 2.05) is 0 Å². The number of thioether (sulfide) groups is 1. The molecule has 6 heteroatoms. The minimum absolute atomic E-state index is 0.0146. The second-order valence-corrected chi connectivity index (χ2v) is 4.99. The van der Waals surface area contributed by atoms with Crippen LogP contribution >= 0.6 is 11.8 Å². The van der Waals surface area contributed by atoms with Gasteiger partial charge in [0.1, 0.15) is 11.9 Å². The Bertz CT molecular complexity index is 425. The lowest BCUT2D eigenvalue weighted by molar-refractivity contribution is -0.109. The third kappa shape index (κ3) is 3.78. The minimum Gasteiger partial charge on any atom is -0.392 e. The van der Waals surface area contributed by atoms with Gasteiger partial charge in [0, 0.05) is 23.8 Å². The molecule has 1 aromatic rings. The van der Waals surface area contributed by atoms with Crippen LogP contribution in [-0.2, 0) is 11.4 Å². The number of benzene rings is 1. The molecule has 0 amide bonds. The molecule has 2 atom stereocenters. The molecule has 0 aliphatic carbocycles. The first-order valence-electron chi connectivity index (χ1n) is 5.35. The van der Waals surface area contributed by atoms with Crippen molar-refractivity contribution < 1.29 is 24.5 Å². The summed E-state index contributed by atoms with van der Waals surface area (Å²) in [5.74, 6) is -0.751. The van der Waals surface area contributed by atoms with Crippen molar-refractivity contribution in [2.24, 2.45) is 0 Å². The van der Waals surface area contributed by atoms with Crippen molar-refractivity contribution in [1.29, 1.82) is 0 Å². The molecule has 0 radical (unpaired) electrons. The van der Waals surface area contributed by atoms with Crippen LogP contribution in [0.1, 0.15) is 24.2 Å². The topological polar surface area (TPSA) is 77.8 Å². The molecule has 0 bridgehead atoms. The molecule has 0 aromatic heterocycles. The highest BCUT2D eigenvalue weighted by Gasteiger charge is 2.23. The molecule has 0 saturated heterocycles. The summed E-state index contributed by atoms with van der Waals surface area (Å²) in [6.45, 7) is 0.863. The van der Waals surface area contributed by atoms with Crippen LogP contribution in [0.3, 0.4) is 0 Å². The number of halogens is 1. The smallest absolute Gasteiger partial charge is 0.185 e. The van der Waals surface area contributed by atoms with Crippen molar-refractivity contribution in [3.63, 3.8) is 0 Å². The number of aliphatic hydroxyl groups excluding tert-OH is 3. The Morgan fingerprint density at radius 1 is 1.44 bits per heavy atom. The maximum absolute atomic E-state index is 13.8. The molecule has 4 nitrogen and oxygen atoms in total. The minimum atomic E-state index is -1.43. The lowest BCUT2D eigenvalue weighted by atomic mass is 10.0. The van der Waals surface area contributed by atoms with E-state index in [4.69, 9.17) is 5.11 Å². The van der Waals surface area contributed by atoms with Gasteiger partial charge < -0.3 is 15.3 Å². The quantitative estimate of drug-likeness (QED) is 0.746. The average molecular weight is 274 g/mol. The molecular weight excluding hydrogens is 259 g/mol. The van der Waals surface area contributed by atoms with Crippen molar-refractivity contribution in [1.82, 2.24) is 0 Å². The number of aliphatic hydroxyl groups is 3. The van der Waals surface area contributed by atoms with E-state index < -0.39 is 24.6 Å². The zero-order valence-electron chi connectivity index (χ0n) is 9.84. The second kappa shape index (κ2) is 6.84. The first-order valence-corrected chi connectivity index (χ1v) is 6.33. The molecule has 0 aliphatic rings. The van der Waals surface area contributed by atoms with Gasteiger partial charge in [0.15, 0.2) is 5.12 Å². The van der Waals surface area contributed by atoms with Crippen LogP contribution in [0.2, 0.25) is 0 Å². The summed E-state index contributed by atoms with van der Waals surface area (Å²) in [5, 5.41) is 28.2. The monoisotopic (exact) mass is 274 g/mol. The molecule has 100 valence electrons. The average Bonchev–Trinajstić information content (AvgIpc) is 2.35. The van der Waals surface area contributed by atoms with E-state index in [1.165, 1.54) is 25.1 Å². The Balaban J connectivity index is 2.83. The lowest BCUT2D eigenvalue weighted by Crippen LogP contribution is -2.22. The maximum Gasteiger partial charge on any atom is 0.185 e. The first-order chi connectivity index (χ1) is 8.47. The predicted molar refractivity (Wildman–Crippen MR) is 66.4 cm³/mol. The Labute approximate surface area is 108 Å². The summed E-state index contributed by atoms with van der Waals surface area (Å²) in [4.78, 5) is 10.7. The SMILES string of the molecule is CC(=O)SCC(O)C(O)c1cccc(CO)c1F. The summed E-state index contributed by atoms with van der Waals surface area (Å²) in [6, 6.07) is 4.21. The number of hydrogen-bond donors (Lipinski definition) is 3. The van der Waals surface area contributed by atoms with Gasteiger partial charge in [-0.1, -0.05) is 30.0 Å². The zero-order chi connectivity index (χ0) is 13.7. The fraction of sp³-hybridized carbons (Fsp3) is 0.417. The number of rotatable bonds is 5. The summed E-state index contributed by atoms with van der Waals surface area (Å²) < 4.78 is 13.8. The highest BCUT2D eigenvalue weighted by Crippen LogP contribution is 2.24. The fourth-order valence-electron chi connectivity index (χ4n) is 1.45. The van der Waals surface area contributed by atoms with Gasteiger partial charge in [0.2, 0.25) is 0 Å². The van der Waals surface area contributed by atoms with Crippen LogP contribution in [-0.4, -0.2) is 32.3 Å². The third-order valence-electron chi connectivity index (χ3n) is 2.42. The van der Waals surface area contributed by atoms with Gasteiger partial charge in [-0.05, 0) is 0 Å². The van der Waals surface area contributed by atoms with Crippen LogP contribution in [0.5, 0.6) is 0 Å². The standard InChI is InChI=1S/C12H15FO4S/c1-7(15)18-6-10(16)12(17)9-4-2-3-8(5-14)11(9)13/h2-4,10,12,14,16-17H,5-6H2,1H3. The van der Waals surface area contributed by atoms with Gasteiger partial charge in [-0.3, -0.25) is 4.79 Å². The zero-order valence-corrected chi connectivity index (χ0v) is 10.7. The van der Waals surface area contributed by atoms with Crippen molar-refractivity contribution in [3.8, 4) is 0 Å². The highest BCUT2D eigenvalue weighted by molar-refractivity contribution is 8.13. The predicted octanol–water partition coefficient (Wildman–Crippen LogP) is 0.992. The van der Waals surface area contributed by atoms with Crippen molar-refractivity contribution in [2.75, 3.05) is 5.75 Å². The van der Waals surface area contributed by atoms with Gasteiger partial charge in [-0.15, -0.1) is 0 Å². The van der Waals surface area contributed by atoms with Crippen LogP contribution in [0.15, 0.2) is 18.2 Å². The molecule has 2 unspecified atom stereocenters. The Kier molecular flexibility index (Phi) is 5.74. The molecule has 0 aliphatic heterocycles. The Morgan fingerprint density at radius 3 is 2.67 bits per heavy atom. The Hall–Kier alpha value is -0.950. The van der Waals surface area contributed by atoms with Crippen LogP contribution in [0.25, 0.3) is 0 Å². The van der Waals surface area contributed by atoms with Crippen LogP contribution in [0.4, 0.5) is 4.39 Å². The maximum atomic E-state index is 13.8. The van der Waals surface area contributed by atoms with E-state index in [9.17, 15) is 19.4 Å². The van der Waals surface area contributed by atoms with Crippen LogP contribution < -0.4 is 0 Å². The highest BCUT2D eigenvalue weighted by atomic mass is 32.2. The molecule has 0 spiro atoms. The number of carbonyl (C=O) groups excluding carboxylic acids is 1. The lowest BCUT2D eigenvalue weighted by Gasteiger charge is -2.18. The third-order valence-corrected chi connectivity index (χ3v) is 3.33. The summed E-state index contributed by atoms with van der Waals surface area (Å²) >= 11 is 0.857. The van der Waals surface area contributed by atoms with Crippen molar-refractivity contribution in [2.45, 2.75) is 25.7 Å². The van der Waals surface area contributed by atoms with Gasteiger partial charge in [-0.2, -0.15) is 0 Å². The number of hydrogen-bond acceptors (Lipinski definition) is 5. The molecule has 18 heavy (non-hydrogen) atoms. The second-order valence-electron chi connectivity index (χ2n) is 3.79.